The molecule has 1 rings (SSSR count). The van der Waals surface area contributed by atoms with Crippen LogP contribution in [0.1, 0.15) is 19.3 Å². The Kier molecular flexibility index (Phi) is 7.76. The number of ether oxygens (including phenoxy) is 2. The van der Waals surface area contributed by atoms with Crippen LogP contribution in [0.4, 0.5) is 0 Å². The maximum absolute atomic E-state index is 5.45. The number of nitrogens with one attached hydrogen (secondary N) is 1. The van der Waals surface area contributed by atoms with Crippen molar-refractivity contribution >= 4 is 0 Å². The molecule has 1 aliphatic carbocycles. The zero-order valence-corrected chi connectivity index (χ0v) is 10.7. The predicted octanol–water partition coefficient (Wildman–Crippen LogP) is 0.723. The second-order valence-electron chi connectivity index (χ2n) is 4.42. The van der Waals surface area contributed by atoms with E-state index in [1.807, 2.05) is 0 Å². The summed E-state index contributed by atoms with van der Waals surface area (Å²) in [5.74, 6) is 0. The van der Waals surface area contributed by atoms with Crippen molar-refractivity contribution in [1.82, 2.24) is 10.2 Å². The number of methoxy groups -OCH3 is 1. The van der Waals surface area contributed by atoms with Crippen LogP contribution in [-0.4, -0.2) is 64.6 Å². The molecule has 16 heavy (non-hydrogen) atoms. The summed E-state index contributed by atoms with van der Waals surface area (Å²) in [6.07, 6.45) is 3.76. The standard InChI is InChI=1S/C12H26N2O2/c1-14(12-4-5-12)8-6-13-7-11-16-10-3-9-15-2/h12-13H,3-11H2,1-2H3. The molecule has 0 spiro atoms. The van der Waals surface area contributed by atoms with Gasteiger partial charge in [-0.2, -0.15) is 0 Å². The Hall–Kier alpha value is -0.160. The minimum Gasteiger partial charge on any atom is -0.385 e. The second kappa shape index (κ2) is 8.93. The zero-order valence-electron chi connectivity index (χ0n) is 10.7. The summed E-state index contributed by atoms with van der Waals surface area (Å²) in [5.41, 5.74) is 0. The van der Waals surface area contributed by atoms with Gasteiger partial charge in [-0.25, -0.2) is 0 Å². The normalized spacial score (nSPS) is 15.9. The molecule has 0 aromatic carbocycles. The second-order valence-corrected chi connectivity index (χ2v) is 4.42. The highest BCUT2D eigenvalue weighted by atomic mass is 16.5. The molecule has 0 heterocycles. The van der Waals surface area contributed by atoms with Gasteiger partial charge in [-0.1, -0.05) is 0 Å². The SMILES string of the molecule is COCCCOCCNCCN(C)C1CC1. The number of hydrogen-bond acceptors (Lipinski definition) is 4. The molecule has 1 fully saturated rings. The molecule has 0 aliphatic heterocycles. The van der Waals surface area contributed by atoms with Crippen molar-refractivity contribution in [3.63, 3.8) is 0 Å². The smallest absolute Gasteiger partial charge is 0.0590 e. The van der Waals surface area contributed by atoms with Crippen molar-refractivity contribution in [3.05, 3.63) is 0 Å². The lowest BCUT2D eigenvalue weighted by Crippen LogP contribution is -2.32. The van der Waals surface area contributed by atoms with Crippen LogP contribution in [0, 0.1) is 0 Å². The fourth-order valence-corrected chi connectivity index (χ4v) is 1.63. The summed E-state index contributed by atoms with van der Waals surface area (Å²) < 4.78 is 10.4. The topological polar surface area (TPSA) is 33.7 Å². The van der Waals surface area contributed by atoms with Crippen LogP contribution in [0.15, 0.2) is 0 Å². The molecule has 1 N–H and O–H groups in total. The molecule has 1 saturated carbocycles. The van der Waals surface area contributed by atoms with Gasteiger partial charge in [-0.3, -0.25) is 0 Å². The zero-order chi connectivity index (χ0) is 11.6. The molecule has 0 aromatic rings. The van der Waals surface area contributed by atoms with E-state index in [1.165, 1.54) is 12.8 Å². The fourth-order valence-electron chi connectivity index (χ4n) is 1.63. The van der Waals surface area contributed by atoms with Crippen molar-refractivity contribution in [2.45, 2.75) is 25.3 Å². The summed E-state index contributed by atoms with van der Waals surface area (Å²) in [6, 6.07) is 0.868. The van der Waals surface area contributed by atoms with E-state index in [0.717, 1.165) is 51.9 Å². The first-order chi connectivity index (χ1) is 7.84. The molecule has 0 unspecified atom stereocenters. The Morgan fingerprint density at radius 2 is 2.00 bits per heavy atom. The van der Waals surface area contributed by atoms with Gasteiger partial charge in [0.15, 0.2) is 0 Å². The maximum atomic E-state index is 5.45. The van der Waals surface area contributed by atoms with E-state index in [0.29, 0.717) is 0 Å². The van der Waals surface area contributed by atoms with Crippen molar-refractivity contribution < 1.29 is 9.47 Å². The lowest BCUT2D eigenvalue weighted by Gasteiger charge is -2.15. The lowest BCUT2D eigenvalue weighted by molar-refractivity contribution is 0.104. The van der Waals surface area contributed by atoms with E-state index < -0.39 is 0 Å². The van der Waals surface area contributed by atoms with Crippen molar-refractivity contribution in [3.8, 4) is 0 Å². The highest BCUT2D eigenvalue weighted by Gasteiger charge is 2.25. The molecule has 1 aliphatic rings. The molecule has 0 atom stereocenters. The summed E-state index contributed by atoms with van der Waals surface area (Å²) >= 11 is 0. The Morgan fingerprint density at radius 3 is 2.69 bits per heavy atom. The molecule has 0 bridgehead atoms. The molecular formula is C12H26N2O2. The van der Waals surface area contributed by atoms with Gasteiger partial charge < -0.3 is 19.7 Å². The first kappa shape index (κ1) is 13.9. The van der Waals surface area contributed by atoms with Crippen molar-refractivity contribution in [2.75, 3.05) is 53.6 Å². The van der Waals surface area contributed by atoms with E-state index in [1.54, 1.807) is 7.11 Å². The summed E-state index contributed by atoms with van der Waals surface area (Å²) in [6.45, 7) is 5.56. The number of hydrogen-bond donors (Lipinski definition) is 1. The molecule has 0 radical (unpaired) electrons. The number of rotatable bonds is 11. The third-order valence-corrected chi connectivity index (χ3v) is 2.87. The molecule has 0 amide bonds. The average molecular weight is 230 g/mol. The molecule has 96 valence electrons. The average Bonchev–Trinajstić information content (AvgIpc) is 3.10. The number of likely N-dealkylation sites (N-methyl/N-ethyl adjacent to an activating group) is 1. The third-order valence-electron chi connectivity index (χ3n) is 2.87. The summed E-state index contributed by atoms with van der Waals surface area (Å²) in [4.78, 5) is 2.44. The summed E-state index contributed by atoms with van der Waals surface area (Å²) in [7, 11) is 3.93. The Bertz CT molecular complexity index is 163. The lowest BCUT2D eigenvalue weighted by atomic mass is 10.5. The van der Waals surface area contributed by atoms with Crippen LogP contribution in [0.25, 0.3) is 0 Å². The molecular weight excluding hydrogens is 204 g/mol. The van der Waals surface area contributed by atoms with E-state index in [4.69, 9.17) is 9.47 Å². The molecule has 4 nitrogen and oxygen atoms in total. The van der Waals surface area contributed by atoms with Gasteiger partial charge in [0.25, 0.3) is 0 Å². The van der Waals surface area contributed by atoms with Crippen LogP contribution < -0.4 is 5.32 Å². The highest BCUT2D eigenvalue weighted by molar-refractivity contribution is 4.82. The Balaban J connectivity index is 1.71. The first-order valence-corrected chi connectivity index (χ1v) is 6.32. The Morgan fingerprint density at radius 1 is 1.19 bits per heavy atom. The minimum absolute atomic E-state index is 0.791. The van der Waals surface area contributed by atoms with Crippen molar-refractivity contribution in [1.29, 1.82) is 0 Å². The maximum Gasteiger partial charge on any atom is 0.0590 e. The van der Waals surface area contributed by atoms with Crippen molar-refractivity contribution in [2.24, 2.45) is 0 Å². The number of nitrogens with zero attached hydrogens (tertiary/aromatic N) is 1. The quantitative estimate of drug-likeness (QED) is 0.530. The molecule has 0 saturated heterocycles. The van der Waals surface area contributed by atoms with Gasteiger partial charge in [0, 0.05) is 46.0 Å². The van der Waals surface area contributed by atoms with Gasteiger partial charge in [0.1, 0.15) is 0 Å². The van der Waals surface area contributed by atoms with Gasteiger partial charge in [-0.05, 0) is 26.3 Å². The Labute approximate surface area is 99.3 Å². The van der Waals surface area contributed by atoms with Gasteiger partial charge in [-0.15, -0.1) is 0 Å². The van der Waals surface area contributed by atoms with Crippen LogP contribution in [0.3, 0.4) is 0 Å². The minimum atomic E-state index is 0.791. The van der Waals surface area contributed by atoms with E-state index in [9.17, 15) is 0 Å². The van der Waals surface area contributed by atoms with E-state index in [-0.39, 0.29) is 0 Å². The monoisotopic (exact) mass is 230 g/mol. The van der Waals surface area contributed by atoms with Crippen LogP contribution in [0.5, 0.6) is 0 Å². The third kappa shape index (κ3) is 7.17. The first-order valence-electron chi connectivity index (χ1n) is 6.32. The van der Waals surface area contributed by atoms with Gasteiger partial charge >= 0.3 is 0 Å². The highest BCUT2D eigenvalue weighted by Crippen LogP contribution is 2.24. The predicted molar refractivity (Wildman–Crippen MR) is 65.8 cm³/mol. The fraction of sp³-hybridized carbons (Fsp3) is 1.00. The largest absolute Gasteiger partial charge is 0.385 e. The van der Waals surface area contributed by atoms with Crippen LogP contribution >= 0.6 is 0 Å². The van der Waals surface area contributed by atoms with Crippen LogP contribution in [-0.2, 0) is 9.47 Å². The van der Waals surface area contributed by atoms with Gasteiger partial charge in [0.05, 0.1) is 6.61 Å². The van der Waals surface area contributed by atoms with Gasteiger partial charge in [0.2, 0.25) is 0 Å². The van der Waals surface area contributed by atoms with E-state index >= 15 is 0 Å². The molecule has 4 heteroatoms. The van der Waals surface area contributed by atoms with Crippen LogP contribution in [0.2, 0.25) is 0 Å². The van der Waals surface area contributed by atoms with E-state index in [2.05, 4.69) is 17.3 Å². The molecule has 0 aromatic heterocycles. The summed E-state index contributed by atoms with van der Waals surface area (Å²) in [5, 5.41) is 3.39.